The third kappa shape index (κ3) is 4.34. The van der Waals surface area contributed by atoms with Crippen LogP contribution in [-0.2, 0) is 4.43 Å². The number of hydrogen-bond donors (Lipinski definition) is 0. The lowest BCUT2D eigenvalue weighted by Crippen LogP contribution is -3.02. The van der Waals surface area contributed by atoms with Gasteiger partial charge in [-0.25, -0.2) is 0 Å². The summed E-state index contributed by atoms with van der Waals surface area (Å²) in [7, 11) is -11.2. The maximum absolute atomic E-state index is 7.81. The smallest absolute Gasteiger partial charge is 0.224 e. The molecule has 1 aliphatic rings. The first-order valence-electron chi connectivity index (χ1n) is 12.9. The van der Waals surface area contributed by atoms with Crippen LogP contribution in [0.25, 0.3) is 0 Å². The van der Waals surface area contributed by atoms with Gasteiger partial charge in [0.25, 0.3) is 0 Å². The highest BCUT2D eigenvalue weighted by Gasteiger charge is 2.78. The summed E-state index contributed by atoms with van der Waals surface area (Å²) >= 11 is 0. The molecule has 0 atom stereocenters. The zero-order chi connectivity index (χ0) is 26.4. The highest BCUT2D eigenvalue weighted by molar-refractivity contribution is 8.19. The molecular formula is C22H60OSi9. The summed E-state index contributed by atoms with van der Waals surface area (Å²) in [5.41, 5.74) is 0.192. The normalized spacial score (nSPS) is 27.9. The van der Waals surface area contributed by atoms with Crippen LogP contribution in [0, 0.1) is 5.41 Å². The van der Waals surface area contributed by atoms with Crippen molar-refractivity contribution in [2.75, 3.05) is 0 Å². The Labute approximate surface area is 211 Å². The summed E-state index contributed by atoms with van der Waals surface area (Å²) in [6.45, 7) is 55.9. The second-order valence-corrected chi connectivity index (χ2v) is 113. The van der Waals surface area contributed by atoms with E-state index in [1.165, 1.54) is 0 Å². The van der Waals surface area contributed by atoms with E-state index < -0.39 is 65.5 Å². The second-order valence-electron chi connectivity index (χ2n) is 16.9. The highest BCUT2D eigenvalue weighted by atomic mass is 30.3. The van der Waals surface area contributed by atoms with Gasteiger partial charge in [-0.1, -0.05) is 119 Å². The van der Waals surface area contributed by atoms with Crippen LogP contribution in [0.2, 0.25) is 111 Å². The van der Waals surface area contributed by atoms with Crippen molar-refractivity contribution in [2.45, 2.75) is 132 Å². The molecule has 10 heteroatoms. The van der Waals surface area contributed by atoms with E-state index in [1.54, 1.807) is 5.35 Å². The van der Waals surface area contributed by atoms with Crippen LogP contribution >= 0.6 is 0 Å². The van der Waals surface area contributed by atoms with E-state index in [4.69, 9.17) is 4.43 Å². The summed E-state index contributed by atoms with van der Waals surface area (Å²) in [5, 5.41) is 1.69. The Hall–Kier alpha value is 1.62. The zero-order valence-corrected chi connectivity index (χ0v) is 34.9. The second kappa shape index (κ2) is 8.32. The Morgan fingerprint density at radius 3 is 1.22 bits per heavy atom. The molecule has 0 unspecified atom stereocenters. The van der Waals surface area contributed by atoms with E-state index in [-0.39, 0.29) is 5.41 Å². The van der Waals surface area contributed by atoms with Gasteiger partial charge in [0, 0.05) is 46.6 Å². The van der Waals surface area contributed by atoms with E-state index in [1.807, 2.05) is 0 Å². The predicted octanol–water partition coefficient (Wildman–Crippen LogP) is 7.69. The van der Waals surface area contributed by atoms with Crippen molar-refractivity contribution in [3.63, 3.8) is 0 Å². The molecule has 0 spiro atoms. The van der Waals surface area contributed by atoms with Crippen LogP contribution in [0.4, 0.5) is 0 Å². The Balaban J connectivity index is 4.61. The molecule has 1 heterocycles. The van der Waals surface area contributed by atoms with Gasteiger partial charge in [0.1, 0.15) is 0 Å². The first-order chi connectivity index (χ1) is 13.5. The molecule has 0 amide bonds. The Morgan fingerprint density at radius 2 is 0.969 bits per heavy atom. The van der Waals surface area contributed by atoms with Gasteiger partial charge < -0.3 is 4.43 Å². The van der Waals surface area contributed by atoms with Crippen molar-refractivity contribution in [3.8, 4) is 0 Å². The molecule has 0 aliphatic carbocycles. The molecule has 0 radical (unpaired) electrons. The number of rotatable bonds is 3. The van der Waals surface area contributed by atoms with Crippen molar-refractivity contribution in [2.24, 2.45) is 5.41 Å². The molecule has 0 fully saturated rings. The standard InChI is InChI=1S/C22H60OSi9/c1-22(2,3)21-23-28(13,14)30(17,18)32(26(7,8)9,27(10,11)12)31(19,20)29(15,16)24(21)25(4,5)6/h1-20H3/b24-21-. The summed E-state index contributed by atoms with van der Waals surface area (Å²) in [6.07, 6.45) is -1.52. The van der Waals surface area contributed by atoms with Crippen molar-refractivity contribution < 1.29 is 4.43 Å². The predicted molar refractivity (Wildman–Crippen MR) is 177 cm³/mol. The lowest BCUT2D eigenvalue weighted by Gasteiger charge is -2.72. The van der Waals surface area contributed by atoms with Crippen LogP contribution in [0.5, 0.6) is 0 Å². The van der Waals surface area contributed by atoms with Crippen LogP contribution in [-0.4, -0.2) is 70.9 Å². The van der Waals surface area contributed by atoms with Gasteiger partial charge in [-0.05, 0) is 13.1 Å². The first-order valence-corrected chi connectivity index (χ1v) is 46.8. The minimum absolute atomic E-state index is 0.192. The number of hydrogen-bond acceptors (Lipinski definition) is 1. The van der Waals surface area contributed by atoms with Crippen molar-refractivity contribution >= 4 is 70.9 Å². The molecule has 0 saturated carbocycles. The van der Waals surface area contributed by atoms with Gasteiger partial charge in [0.2, 0.25) is 7.83 Å². The van der Waals surface area contributed by atoms with E-state index >= 15 is 0 Å². The largest absolute Gasteiger partial charge is 0.555 e. The Kier molecular flexibility index (Phi) is 8.23. The SMILES string of the molecule is CC(C)(C)/C1=[Si](\[Si](C)(C)C)[Si](C)(C)[Si](C)(C)[Si]([Si](C)(C)C)([Si](C)(C)C)[Si](C)(C)[Si](C)(C)O1. The fraction of sp³-hybridized carbons (Fsp3) is 0.955. The van der Waals surface area contributed by atoms with Gasteiger partial charge >= 0.3 is 0 Å². The van der Waals surface area contributed by atoms with Gasteiger partial charge in [-0.15, -0.1) is 0 Å². The van der Waals surface area contributed by atoms with Crippen molar-refractivity contribution in [1.82, 2.24) is 0 Å². The fourth-order valence-electron chi connectivity index (χ4n) is 9.41. The molecule has 190 valence electrons. The maximum atomic E-state index is 7.81. The molecule has 0 aromatic carbocycles. The van der Waals surface area contributed by atoms with E-state index in [2.05, 4.69) is 132 Å². The first kappa shape index (κ1) is 31.7. The lowest BCUT2D eigenvalue weighted by molar-refractivity contribution is 0.451. The Morgan fingerprint density at radius 1 is 0.625 bits per heavy atom. The zero-order valence-electron chi connectivity index (χ0n) is 25.9. The van der Waals surface area contributed by atoms with Crippen molar-refractivity contribution in [3.05, 3.63) is 0 Å². The minimum atomic E-state index is -1.86. The average molecular weight is 593 g/mol. The van der Waals surface area contributed by atoms with Gasteiger partial charge in [-0.3, -0.25) is 0 Å². The van der Waals surface area contributed by atoms with Crippen LogP contribution < -0.4 is 0 Å². The van der Waals surface area contributed by atoms with E-state index in [0.29, 0.717) is 0 Å². The Bertz CT molecular complexity index is 753. The summed E-state index contributed by atoms with van der Waals surface area (Å²) in [5.74, 6) is 0. The molecular weight excluding hydrogens is 533 g/mol. The molecule has 1 aliphatic heterocycles. The monoisotopic (exact) mass is 592 g/mol. The van der Waals surface area contributed by atoms with Crippen LogP contribution in [0.1, 0.15) is 20.8 Å². The summed E-state index contributed by atoms with van der Waals surface area (Å²) in [6, 6.07) is 0. The molecule has 32 heavy (non-hydrogen) atoms. The lowest BCUT2D eigenvalue weighted by atomic mass is 9.99. The van der Waals surface area contributed by atoms with E-state index in [9.17, 15) is 0 Å². The van der Waals surface area contributed by atoms with Crippen molar-refractivity contribution in [1.29, 1.82) is 0 Å². The van der Waals surface area contributed by atoms with E-state index in [0.717, 1.165) is 0 Å². The molecule has 0 aromatic heterocycles. The van der Waals surface area contributed by atoms with Gasteiger partial charge in [-0.2, -0.15) is 0 Å². The summed E-state index contributed by atoms with van der Waals surface area (Å²) < 4.78 is 7.81. The van der Waals surface area contributed by atoms with Crippen LogP contribution in [0.3, 0.4) is 0 Å². The quantitative estimate of drug-likeness (QED) is 0.305. The molecule has 1 rings (SSSR count). The summed E-state index contributed by atoms with van der Waals surface area (Å²) in [4.78, 5) is 0. The topological polar surface area (TPSA) is 9.23 Å². The van der Waals surface area contributed by atoms with Gasteiger partial charge in [0.15, 0.2) is 0 Å². The molecule has 1 nitrogen and oxygen atoms in total. The van der Waals surface area contributed by atoms with Gasteiger partial charge in [0.05, 0.1) is 21.8 Å². The molecule has 0 saturated heterocycles. The maximum Gasteiger partial charge on any atom is 0.224 e. The van der Waals surface area contributed by atoms with Crippen LogP contribution in [0.15, 0.2) is 0 Å². The molecule has 0 aromatic rings. The third-order valence-electron chi connectivity index (χ3n) is 9.83. The third-order valence-corrected chi connectivity index (χ3v) is 213. The molecule has 0 N–H and O–H groups in total. The minimum Gasteiger partial charge on any atom is -0.555 e. The fourth-order valence-corrected chi connectivity index (χ4v) is 378. The average Bonchev–Trinajstić information content (AvgIpc) is 2.38. The highest BCUT2D eigenvalue weighted by Crippen LogP contribution is 2.51. The molecule has 0 bridgehead atoms.